The first-order chi connectivity index (χ1) is 8.22. The van der Waals surface area contributed by atoms with Crippen molar-refractivity contribution in [3.63, 3.8) is 0 Å². The first kappa shape index (κ1) is 14.4. The van der Waals surface area contributed by atoms with Crippen molar-refractivity contribution in [1.82, 2.24) is 10.6 Å². The van der Waals surface area contributed by atoms with Gasteiger partial charge in [0.05, 0.1) is 12.1 Å². The molecule has 0 atom stereocenters. The van der Waals surface area contributed by atoms with E-state index in [-0.39, 0.29) is 11.5 Å². The lowest BCUT2D eigenvalue weighted by Crippen LogP contribution is -2.49. The van der Waals surface area contributed by atoms with Crippen LogP contribution in [0.2, 0.25) is 0 Å². The lowest BCUT2D eigenvalue weighted by Gasteiger charge is -2.40. The Balaban J connectivity index is 2.00. The van der Waals surface area contributed by atoms with Crippen LogP contribution in [0, 0.1) is 0 Å². The lowest BCUT2D eigenvalue weighted by atomic mass is 9.80. The molecule has 100 valence electrons. The van der Waals surface area contributed by atoms with Gasteiger partial charge in [-0.1, -0.05) is 0 Å². The predicted molar refractivity (Wildman–Crippen MR) is 66.0 cm³/mol. The topological polar surface area (TPSA) is 59.6 Å². The van der Waals surface area contributed by atoms with Gasteiger partial charge in [-0.2, -0.15) is 0 Å². The van der Waals surface area contributed by atoms with E-state index in [1.54, 1.807) is 14.2 Å². The van der Waals surface area contributed by atoms with Crippen molar-refractivity contribution in [1.29, 1.82) is 0 Å². The van der Waals surface area contributed by atoms with Gasteiger partial charge in [0.2, 0.25) is 5.91 Å². The smallest absolute Gasteiger partial charge is 0.233 e. The number of rotatable bonds is 9. The molecule has 5 heteroatoms. The minimum Gasteiger partial charge on any atom is -0.385 e. The summed E-state index contributed by atoms with van der Waals surface area (Å²) in [5.41, 5.74) is -0.0175. The maximum Gasteiger partial charge on any atom is 0.233 e. The zero-order valence-corrected chi connectivity index (χ0v) is 10.9. The molecule has 0 aliphatic heterocycles. The van der Waals surface area contributed by atoms with Crippen molar-refractivity contribution < 1.29 is 14.3 Å². The zero-order valence-electron chi connectivity index (χ0n) is 10.9. The van der Waals surface area contributed by atoms with Gasteiger partial charge in [0.1, 0.15) is 0 Å². The Morgan fingerprint density at radius 2 is 2.12 bits per heavy atom. The van der Waals surface area contributed by atoms with E-state index in [0.717, 1.165) is 25.8 Å². The molecule has 0 heterocycles. The van der Waals surface area contributed by atoms with Gasteiger partial charge >= 0.3 is 0 Å². The molecule has 0 unspecified atom stereocenters. The summed E-state index contributed by atoms with van der Waals surface area (Å²) in [6.07, 6.45) is 4.25. The third-order valence-corrected chi connectivity index (χ3v) is 3.28. The molecular weight excluding hydrogens is 220 g/mol. The molecule has 17 heavy (non-hydrogen) atoms. The highest BCUT2D eigenvalue weighted by molar-refractivity contribution is 5.77. The van der Waals surface area contributed by atoms with Crippen molar-refractivity contribution in [2.45, 2.75) is 31.3 Å². The molecule has 0 bridgehead atoms. The second-order valence-electron chi connectivity index (χ2n) is 4.54. The fraction of sp³-hybridized carbons (Fsp3) is 0.917. The van der Waals surface area contributed by atoms with E-state index in [4.69, 9.17) is 9.47 Å². The normalized spacial score (nSPS) is 17.5. The molecule has 5 nitrogen and oxygen atoms in total. The van der Waals surface area contributed by atoms with E-state index in [1.807, 2.05) is 0 Å². The molecule has 1 saturated carbocycles. The van der Waals surface area contributed by atoms with Gasteiger partial charge in [0.25, 0.3) is 0 Å². The Kier molecular flexibility index (Phi) is 6.47. The van der Waals surface area contributed by atoms with Crippen LogP contribution in [0.3, 0.4) is 0 Å². The van der Waals surface area contributed by atoms with E-state index in [9.17, 15) is 4.79 Å². The Hall–Kier alpha value is -0.650. The largest absolute Gasteiger partial charge is 0.385 e. The molecule has 1 fully saturated rings. The van der Waals surface area contributed by atoms with Gasteiger partial charge in [0.15, 0.2) is 0 Å². The molecule has 0 aromatic carbocycles. The van der Waals surface area contributed by atoms with Crippen LogP contribution in [0.25, 0.3) is 0 Å². The van der Waals surface area contributed by atoms with Gasteiger partial charge in [0, 0.05) is 33.9 Å². The molecule has 1 amide bonds. The Labute approximate surface area is 103 Å². The van der Waals surface area contributed by atoms with Crippen LogP contribution in [0.15, 0.2) is 0 Å². The van der Waals surface area contributed by atoms with Crippen LogP contribution in [-0.4, -0.2) is 52.0 Å². The number of amides is 1. The van der Waals surface area contributed by atoms with E-state index < -0.39 is 0 Å². The van der Waals surface area contributed by atoms with Gasteiger partial charge in [-0.05, 0) is 25.7 Å². The van der Waals surface area contributed by atoms with Crippen molar-refractivity contribution in [3.8, 4) is 0 Å². The Morgan fingerprint density at radius 1 is 1.35 bits per heavy atom. The van der Waals surface area contributed by atoms with E-state index in [0.29, 0.717) is 19.7 Å². The maximum atomic E-state index is 11.4. The lowest BCUT2D eigenvalue weighted by molar-refractivity contribution is -0.120. The summed E-state index contributed by atoms with van der Waals surface area (Å²) in [6.45, 7) is 2.47. The van der Waals surface area contributed by atoms with Crippen molar-refractivity contribution in [2.75, 3.05) is 40.5 Å². The minimum atomic E-state index is -0.0175. The third-order valence-electron chi connectivity index (χ3n) is 3.28. The molecule has 0 radical (unpaired) electrons. The monoisotopic (exact) mass is 244 g/mol. The fourth-order valence-electron chi connectivity index (χ4n) is 1.93. The van der Waals surface area contributed by atoms with Gasteiger partial charge < -0.3 is 20.1 Å². The highest BCUT2D eigenvalue weighted by Gasteiger charge is 2.36. The molecule has 0 aromatic rings. The van der Waals surface area contributed by atoms with Gasteiger partial charge in [-0.15, -0.1) is 0 Å². The summed E-state index contributed by atoms with van der Waals surface area (Å²) in [4.78, 5) is 11.4. The second-order valence-corrected chi connectivity index (χ2v) is 4.54. The van der Waals surface area contributed by atoms with Crippen molar-refractivity contribution >= 4 is 5.91 Å². The third kappa shape index (κ3) is 5.02. The predicted octanol–water partition coefficient (Wildman–Crippen LogP) is 0.298. The first-order valence-corrected chi connectivity index (χ1v) is 6.24. The quantitative estimate of drug-likeness (QED) is 0.573. The van der Waals surface area contributed by atoms with Crippen LogP contribution < -0.4 is 10.6 Å². The average Bonchev–Trinajstić information content (AvgIpc) is 2.28. The van der Waals surface area contributed by atoms with E-state index in [1.165, 1.54) is 6.42 Å². The molecule has 1 rings (SSSR count). The van der Waals surface area contributed by atoms with Crippen molar-refractivity contribution in [2.24, 2.45) is 0 Å². The molecule has 1 aliphatic carbocycles. The summed E-state index contributed by atoms with van der Waals surface area (Å²) in [6, 6.07) is 0. The summed E-state index contributed by atoms with van der Waals surface area (Å²) in [5.74, 6) is 0.0340. The first-order valence-electron chi connectivity index (χ1n) is 6.24. The highest BCUT2D eigenvalue weighted by atomic mass is 16.5. The van der Waals surface area contributed by atoms with Crippen LogP contribution in [-0.2, 0) is 14.3 Å². The number of nitrogens with one attached hydrogen (secondary N) is 2. The number of hydrogen-bond donors (Lipinski definition) is 2. The summed E-state index contributed by atoms with van der Waals surface area (Å²) in [5, 5.41) is 5.99. The van der Waals surface area contributed by atoms with Gasteiger partial charge in [-0.25, -0.2) is 0 Å². The minimum absolute atomic E-state index is 0.0175. The molecule has 0 saturated heterocycles. The highest BCUT2D eigenvalue weighted by Crippen LogP contribution is 2.34. The number of carbonyl (C=O) groups is 1. The number of methoxy groups -OCH3 is 2. The second kappa shape index (κ2) is 7.63. The summed E-state index contributed by atoms with van der Waals surface area (Å²) in [7, 11) is 3.40. The number of carbonyl (C=O) groups excluding carboxylic acids is 1. The van der Waals surface area contributed by atoms with Crippen LogP contribution in [0.1, 0.15) is 25.7 Å². The average molecular weight is 244 g/mol. The standard InChI is InChI=1S/C12H24N2O3/c1-16-8-4-7-14-11(15)9-13-10-12(17-2)5-3-6-12/h13H,3-10H2,1-2H3,(H,14,15). The van der Waals surface area contributed by atoms with Crippen LogP contribution >= 0.6 is 0 Å². The molecule has 0 aromatic heterocycles. The molecule has 1 aliphatic rings. The SMILES string of the molecule is COCCCNC(=O)CNCC1(OC)CCC1. The van der Waals surface area contributed by atoms with Gasteiger partial charge in [-0.3, -0.25) is 4.79 Å². The molecule has 0 spiro atoms. The Morgan fingerprint density at radius 3 is 2.65 bits per heavy atom. The van der Waals surface area contributed by atoms with E-state index in [2.05, 4.69) is 10.6 Å². The maximum absolute atomic E-state index is 11.4. The zero-order chi connectivity index (χ0) is 12.6. The van der Waals surface area contributed by atoms with Crippen LogP contribution in [0.4, 0.5) is 0 Å². The van der Waals surface area contributed by atoms with E-state index >= 15 is 0 Å². The Bertz CT molecular complexity index is 224. The van der Waals surface area contributed by atoms with Crippen molar-refractivity contribution in [3.05, 3.63) is 0 Å². The summed E-state index contributed by atoms with van der Waals surface area (Å²) >= 11 is 0. The summed E-state index contributed by atoms with van der Waals surface area (Å²) < 4.78 is 10.4. The number of ether oxygens (including phenoxy) is 2. The fourth-order valence-corrected chi connectivity index (χ4v) is 1.93. The molecular formula is C12H24N2O3. The number of hydrogen-bond acceptors (Lipinski definition) is 4. The van der Waals surface area contributed by atoms with Crippen LogP contribution in [0.5, 0.6) is 0 Å². The molecule has 2 N–H and O–H groups in total.